The van der Waals surface area contributed by atoms with Gasteiger partial charge in [-0.2, -0.15) is 0 Å². The molecule has 0 aliphatic heterocycles. The fourth-order valence-electron chi connectivity index (χ4n) is 2.39. The van der Waals surface area contributed by atoms with E-state index in [0.29, 0.717) is 10.9 Å². The Kier molecular flexibility index (Phi) is 6.63. The second kappa shape index (κ2) is 9.17. The first-order valence-corrected chi connectivity index (χ1v) is 10.5. The Morgan fingerprint density at radius 3 is 2.52 bits per heavy atom. The van der Waals surface area contributed by atoms with E-state index in [4.69, 9.17) is 20.8 Å². The van der Waals surface area contributed by atoms with Crippen LogP contribution in [0, 0.1) is 0 Å². The fraction of sp³-hybridized carbons (Fsp3) is 0.211. The molecule has 10 heteroatoms. The van der Waals surface area contributed by atoms with Gasteiger partial charge in [0.25, 0.3) is 5.89 Å². The monoisotopic (exact) mass is 435 g/mol. The van der Waals surface area contributed by atoms with Crippen LogP contribution < -0.4 is 4.72 Å². The third-order valence-corrected chi connectivity index (χ3v) is 5.59. The second-order valence-corrected chi connectivity index (χ2v) is 8.25. The van der Waals surface area contributed by atoms with E-state index in [9.17, 15) is 13.2 Å². The van der Waals surface area contributed by atoms with Crippen LogP contribution in [-0.2, 0) is 19.6 Å². The Morgan fingerprint density at radius 2 is 1.83 bits per heavy atom. The van der Waals surface area contributed by atoms with Crippen molar-refractivity contribution in [1.82, 2.24) is 14.9 Å². The number of hydrogen-bond donors (Lipinski definition) is 1. The van der Waals surface area contributed by atoms with Crippen LogP contribution in [-0.4, -0.2) is 31.1 Å². The van der Waals surface area contributed by atoms with Crippen molar-refractivity contribution in [2.75, 3.05) is 6.54 Å². The van der Waals surface area contributed by atoms with Gasteiger partial charge in [0.05, 0.1) is 11.3 Å². The highest BCUT2D eigenvalue weighted by atomic mass is 35.5. The topological polar surface area (TPSA) is 111 Å². The molecule has 0 amide bonds. The standard InChI is InChI=1S/C19H18ClN3O5S/c1-13(18-22-23-19(28-18)14-5-3-2-4-6-14)27-17(24)11-12-21-29(25,26)16-9-7-15(20)8-10-16/h2-10,13,21H,11-12H2,1H3. The summed E-state index contributed by atoms with van der Waals surface area (Å²) in [6.45, 7) is 1.48. The molecule has 0 saturated carbocycles. The van der Waals surface area contributed by atoms with Crippen molar-refractivity contribution in [3.05, 3.63) is 65.5 Å². The number of rotatable bonds is 8. The molecule has 1 atom stereocenters. The predicted octanol–water partition coefficient (Wildman–Crippen LogP) is 3.36. The summed E-state index contributed by atoms with van der Waals surface area (Å²) >= 11 is 5.75. The zero-order valence-corrected chi connectivity index (χ0v) is 17.0. The summed E-state index contributed by atoms with van der Waals surface area (Å²) in [5.41, 5.74) is 0.751. The maximum absolute atomic E-state index is 12.2. The Morgan fingerprint density at radius 1 is 1.14 bits per heavy atom. The highest BCUT2D eigenvalue weighted by Crippen LogP contribution is 2.22. The number of sulfonamides is 1. The van der Waals surface area contributed by atoms with Gasteiger partial charge < -0.3 is 9.15 Å². The van der Waals surface area contributed by atoms with Crippen molar-refractivity contribution in [3.63, 3.8) is 0 Å². The molecule has 29 heavy (non-hydrogen) atoms. The van der Waals surface area contributed by atoms with Gasteiger partial charge in [-0.3, -0.25) is 4.79 Å². The lowest BCUT2D eigenvalue weighted by Crippen LogP contribution is -2.27. The van der Waals surface area contributed by atoms with E-state index in [0.717, 1.165) is 5.56 Å². The van der Waals surface area contributed by atoms with E-state index < -0.39 is 22.1 Å². The summed E-state index contributed by atoms with van der Waals surface area (Å²) in [6, 6.07) is 14.9. The van der Waals surface area contributed by atoms with Gasteiger partial charge in [0.15, 0.2) is 6.10 Å². The number of aromatic nitrogens is 2. The molecule has 0 bridgehead atoms. The van der Waals surface area contributed by atoms with Gasteiger partial charge in [0.1, 0.15) is 0 Å². The summed E-state index contributed by atoms with van der Waals surface area (Å²) in [5, 5.41) is 8.26. The number of carbonyl (C=O) groups is 1. The molecule has 0 spiro atoms. The normalized spacial score (nSPS) is 12.5. The lowest BCUT2D eigenvalue weighted by atomic mass is 10.2. The number of nitrogens with one attached hydrogen (secondary N) is 1. The number of hydrogen-bond acceptors (Lipinski definition) is 7. The Hall–Kier alpha value is -2.75. The van der Waals surface area contributed by atoms with Crippen molar-refractivity contribution in [2.45, 2.75) is 24.3 Å². The van der Waals surface area contributed by atoms with Crippen LogP contribution in [0.25, 0.3) is 11.5 Å². The number of nitrogens with zero attached hydrogens (tertiary/aromatic N) is 2. The van der Waals surface area contributed by atoms with E-state index in [1.165, 1.54) is 24.3 Å². The Bertz CT molecular complexity index is 1070. The highest BCUT2D eigenvalue weighted by molar-refractivity contribution is 7.89. The van der Waals surface area contributed by atoms with Gasteiger partial charge >= 0.3 is 5.97 Å². The molecule has 2 aromatic carbocycles. The number of carbonyl (C=O) groups excluding carboxylic acids is 1. The molecule has 1 N–H and O–H groups in total. The molecule has 152 valence electrons. The minimum Gasteiger partial charge on any atom is -0.453 e. The minimum atomic E-state index is -3.74. The van der Waals surface area contributed by atoms with Crippen LogP contribution in [0.2, 0.25) is 5.02 Å². The smallest absolute Gasteiger partial charge is 0.307 e. The summed E-state index contributed by atoms with van der Waals surface area (Å²) < 4.78 is 37.4. The quantitative estimate of drug-likeness (QED) is 0.540. The first-order valence-electron chi connectivity index (χ1n) is 8.69. The average molecular weight is 436 g/mol. The maximum atomic E-state index is 12.2. The molecule has 0 fully saturated rings. The van der Waals surface area contributed by atoms with Gasteiger partial charge in [0.2, 0.25) is 15.9 Å². The second-order valence-electron chi connectivity index (χ2n) is 6.05. The molecule has 8 nitrogen and oxygen atoms in total. The van der Waals surface area contributed by atoms with E-state index in [-0.39, 0.29) is 23.8 Å². The minimum absolute atomic E-state index is 0.0583. The molecule has 0 radical (unpaired) electrons. The summed E-state index contributed by atoms with van der Waals surface area (Å²) in [4.78, 5) is 12.1. The average Bonchev–Trinajstić information content (AvgIpc) is 3.19. The summed E-state index contributed by atoms with van der Waals surface area (Å²) in [5.74, 6) is -0.131. The first kappa shape index (κ1) is 21.0. The third-order valence-electron chi connectivity index (χ3n) is 3.86. The maximum Gasteiger partial charge on any atom is 0.307 e. The molecule has 3 rings (SSSR count). The van der Waals surface area contributed by atoms with Gasteiger partial charge in [-0.25, -0.2) is 13.1 Å². The van der Waals surface area contributed by atoms with Crippen LogP contribution in [0.5, 0.6) is 0 Å². The molecule has 1 unspecified atom stereocenters. The number of esters is 1. The van der Waals surface area contributed by atoms with Crippen LogP contribution in [0.3, 0.4) is 0 Å². The fourth-order valence-corrected chi connectivity index (χ4v) is 3.55. The van der Waals surface area contributed by atoms with E-state index >= 15 is 0 Å². The van der Waals surface area contributed by atoms with E-state index in [2.05, 4.69) is 14.9 Å². The zero-order valence-electron chi connectivity index (χ0n) is 15.4. The third kappa shape index (κ3) is 5.63. The van der Waals surface area contributed by atoms with Crippen molar-refractivity contribution in [1.29, 1.82) is 0 Å². The Labute approximate surface area is 172 Å². The molecule has 0 saturated heterocycles. The number of ether oxygens (including phenoxy) is 1. The lowest BCUT2D eigenvalue weighted by molar-refractivity contribution is -0.149. The van der Waals surface area contributed by atoms with Gasteiger partial charge in [-0.05, 0) is 43.3 Å². The summed E-state index contributed by atoms with van der Waals surface area (Å²) in [7, 11) is -3.74. The SMILES string of the molecule is CC(OC(=O)CCNS(=O)(=O)c1ccc(Cl)cc1)c1nnc(-c2ccccc2)o1. The largest absolute Gasteiger partial charge is 0.453 e. The van der Waals surface area contributed by atoms with E-state index in [1.807, 2.05) is 30.3 Å². The molecule has 0 aliphatic carbocycles. The van der Waals surface area contributed by atoms with Crippen molar-refractivity contribution in [3.8, 4) is 11.5 Å². The Balaban J connectivity index is 1.50. The molecule has 0 aliphatic rings. The van der Waals surface area contributed by atoms with Crippen LogP contribution >= 0.6 is 11.6 Å². The first-order chi connectivity index (χ1) is 13.8. The van der Waals surface area contributed by atoms with Gasteiger partial charge in [-0.1, -0.05) is 29.8 Å². The molecular weight excluding hydrogens is 418 g/mol. The predicted molar refractivity (Wildman–Crippen MR) is 105 cm³/mol. The van der Waals surface area contributed by atoms with Crippen molar-refractivity contribution >= 4 is 27.6 Å². The van der Waals surface area contributed by atoms with Gasteiger partial charge in [0, 0.05) is 17.1 Å². The molecule has 3 aromatic rings. The van der Waals surface area contributed by atoms with Gasteiger partial charge in [-0.15, -0.1) is 10.2 Å². The van der Waals surface area contributed by atoms with E-state index in [1.54, 1.807) is 6.92 Å². The van der Waals surface area contributed by atoms with Crippen LogP contribution in [0.1, 0.15) is 25.3 Å². The molecule has 1 heterocycles. The zero-order chi connectivity index (χ0) is 20.9. The molecular formula is C19H18ClN3O5S. The van der Waals surface area contributed by atoms with Crippen molar-refractivity contribution in [2.24, 2.45) is 0 Å². The van der Waals surface area contributed by atoms with Crippen LogP contribution in [0.4, 0.5) is 0 Å². The van der Waals surface area contributed by atoms with Crippen LogP contribution in [0.15, 0.2) is 63.9 Å². The lowest BCUT2D eigenvalue weighted by Gasteiger charge is -2.10. The highest BCUT2D eigenvalue weighted by Gasteiger charge is 2.20. The molecule has 1 aromatic heterocycles. The van der Waals surface area contributed by atoms with Crippen molar-refractivity contribution < 1.29 is 22.4 Å². The summed E-state index contributed by atoms with van der Waals surface area (Å²) in [6.07, 6.45) is -0.919. The number of benzene rings is 2. The number of halogens is 1.